The molecule has 0 saturated carbocycles. The fraction of sp³-hybridized carbons (Fsp3) is 0.526. The molecule has 0 aromatic heterocycles. The van der Waals surface area contributed by atoms with Crippen molar-refractivity contribution in [3.05, 3.63) is 24.3 Å². The highest BCUT2D eigenvalue weighted by molar-refractivity contribution is 6.31. The number of anilines is 1. The van der Waals surface area contributed by atoms with Crippen molar-refractivity contribution in [3.63, 3.8) is 0 Å². The van der Waals surface area contributed by atoms with Crippen LogP contribution >= 0.6 is 0 Å². The fourth-order valence-electron chi connectivity index (χ4n) is 3.88. The van der Waals surface area contributed by atoms with Gasteiger partial charge in [-0.15, -0.1) is 0 Å². The maximum atomic E-state index is 12.6. The zero-order valence-electron chi connectivity index (χ0n) is 15.9. The van der Waals surface area contributed by atoms with E-state index in [1.54, 1.807) is 12.0 Å². The average molecular weight is 386 g/mol. The zero-order chi connectivity index (χ0) is 19.7. The number of hydrogen-bond donors (Lipinski definition) is 0. The van der Waals surface area contributed by atoms with Crippen molar-refractivity contribution in [3.8, 4) is 5.75 Å². The zero-order valence-corrected chi connectivity index (χ0v) is 15.9. The van der Waals surface area contributed by atoms with Gasteiger partial charge in [-0.2, -0.15) is 0 Å². The number of carbonyl (C=O) groups excluding carboxylic acids is 3. The van der Waals surface area contributed by atoms with E-state index in [9.17, 15) is 14.4 Å². The second kappa shape index (κ2) is 7.57. The first kappa shape index (κ1) is 18.4. The van der Waals surface area contributed by atoms with Crippen LogP contribution in [0.4, 0.5) is 5.69 Å². The summed E-state index contributed by atoms with van der Waals surface area (Å²) in [6.07, 6.45) is 2.44. The number of methoxy groups -OCH3 is 1. The van der Waals surface area contributed by atoms with Crippen LogP contribution in [-0.2, 0) is 14.4 Å². The normalized spacial score (nSPS) is 22.2. The van der Waals surface area contributed by atoms with E-state index in [1.165, 1.54) is 4.90 Å². The highest BCUT2D eigenvalue weighted by Crippen LogP contribution is 2.28. The molecule has 2 fully saturated rings. The number of likely N-dealkylation sites (tertiary alicyclic amines) is 1. The van der Waals surface area contributed by atoms with Crippen LogP contribution < -0.4 is 9.64 Å². The number of amides is 3. The number of nitrogens with zero attached hydrogens (tertiary/aromatic N) is 5. The molecule has 1 aromatic rings. The molecule has 1 aromatic carbocycles. The molecular formula is C19H24N5O4+. The van der Waals surface area contributed by atoms with Crippen LogP contribution in [0.1, 0.15) is 19.3 Å². The number of fused-ring (bicyclic) bond motifs is 1. The highest BCUT2D eigenvalue weighted by atomic mass is 16.5. The number of piperidine rings is 1. The van der Waals surface area contributed by atoms with Gasteiger partial charge in [-0.05, 0) is 48.2 Å². The number of hydrogen-bond acceptors (Lipinski definition) is 6. The van der Waals surface area contributed by atoms with Gasteiger partial charge >= 0.3 is 11.8 Å². The first-order valence-electron chi connectivity index (χ1n) is 9.60. The fourth-order valence-corrected chi connectivity index (χ4v) is 3.88. The van der Waals surface area contributed by atoms with Gasteiger partial charge in [0.1, 0.15) is 5.75 Å². The summed E-state index contributed by atoms with van der Waals surface area (Å²) >= 11 is 0. The smallest absolute Gasteiger partial charge is 0.497 e. The third kappa shape index (κ3) is 3.32. The number of azo groups is 2. The second-order valence-corrected chi connectivity index (χ2v) is 7.16. The minimum atomic E-state index is -0.738. The SMILES string of the molecule is COc1ccc(N2CCN3C(=O)C(=O)[N+](CC(=O)N4CCCCC4)=NC32)cc1. The molecule has 4 rings (SSSR count). The molecule has 28 heavy (non-hydrogen) atoms. The lowest BCUT2D eigenvalue weighted by Crippen LogP contribution is -2.53. The molecule has 3 heterocycles. The quantitative estimate of drug-likeness (QED) is 0.560. The molecule has 1 atom stereocenters. The third-order valence-electron chi connectivity index (χ3n) is 5.46. The van der Waals surface area contributed by atoms with Crippen molar-refractivity contribution < 1.29 is 23.8 Å². The Morgan fingerprint density at radius 2 is 1.75 bits per heavy atom. The van der Waals surface area contributed by atoms with Crippen LogP contribution in [0.3, 0.4) is 0 Å². The molecule has 1 unspecified atom stereocenters. The molecule has 3 aliphatic heterocycles. The molecule has 0 aliphatic carbocycles. The Bertz CT molecular complexity index is 816. The van der Waals surface area contributed by atoms with Gasteiger partial charge in [-0.1, -0.05) is 0 Å². The number of rotatable bonds is 4. The van der Waals surface area contributed by atoms with Gasteiger partial charge in [0, 0.05) is 37.0 Å². The standard InChI is InChI=1S/C19H24N5O4/c1-28-15-7-5-14(6-8-15)22-11-12-23-17(26)18(27)24(20-19(22)23)13-16(25)21-9-3-2-4-10-21/h5-8,19H,2-4,9-13H2,1H3/q+1. The van der Waals surface area contributed by atoms with Crippen molar-refractivity contribution in [1.29, 1.82) is 0 Å². The van der Waals surface area contributed by atoms with Gasteiger partial charge in [0.05, 0.1) is 7.11 Å². The van der Waals surface area contributed by atoms with Crippen molar-refractivity contribution >= 4 is 23.4 Å². The van der Waals surface area contributed by atoms with Gasteiger partial charge in [0.15, 0.2) is 0 Å². The van der Waals surface area contributed by atoms with Crippen molar-refractivity contribution in [2.24, 2.45) is 5.11 Å². The van der Waals surface area contributed by atoms with Gasteiger partial charge < -0.3 is 14.5 Å². The molecular weight excluding hydrogens is 362 g/mol. The monoisotopic (exact) mass is 386 g/mol. The summed E-state index contributed by atoms with van der Waals surface area (Å²) in [6, 6.07) is 7.46. The topological polar surface area (TPSA) is 85.5 Å². The molecule has 2 saturated heterocycles. The Balaban J connectivity index is 1.56. The van der Waals surface area contributed by atoms with Crippen LogP contribution in [-0.4, -0.2) is 78.3 Å². The third-order valence-corrected chi connectivity index (χ3v) is 5.46. The summed E-state index contributed by atoms with van der Waals surface area (Å²) in [5.74, 6) is -0.770. The number of benzene rings is 1. The minimum absolute atomic E-state index is 0.160. The number of carbonyl (C=O) groups is 3. The Kier molecular flexibility index (Phi) is 4.97. The minimum Gasteiger partial charge on any atom is -0.497 e. The molecule has 9 nitrogen and oxygen atoms in total. The molecule has 148 valence electrons. The lowest BCUT2D eigenvalue weighted by atomic mass is 10.1. The molecule has 3 aliphatic rings. The lowest BCUT2D eigenvalue weighted by molar-refractivity contribution is -0.510. The van der Waals surface area contributed by atoms with Crippen LogP contribution in [0, 0.1) is 0 Å². The lowest BCUT2D eigenvalue weighted by Gasteiger charge is -2.28. The van der Waals surface area contributed by atoms with E-state index in [0.717, 1.165) is 35.4 Å². The predicted molar refractivity (Wildman–Crippen MR) is 98.8 cm³/mol. The Morgan fingerprint density at radius 3 is 2.43 bits per heavy atom. The highest BCUT2D eigenvalue weighted by Gasteiger charge is 2.50. The summed E-state index contributed by atoms with van der Waals surface area (Å²) in [5.41, 5.74) is 0.876. The van der Waals surface area contributed by atoms with E-state index in [1.807, 2.05) is 29.2 Å². The maximum absolute atomic E-state index is 12.6. The van der Waals surface area contributed by atoms with Crippen LogP contribution in [0.15, 0.2) is 29.4 Å². The summed E-state index contributed by atoms with van der Waals surface area (Å²) in [5, 5.41) is 4.45. The van der Waals surface area contributed by atoms with E-state index in [-0.39, 0.29) is 12.5 Å². The van der Waals surface area contributed by atoms with Gasteiger partial charge in [0.25, 0.3) is 18.7 Å². The predicted octanol–water partition coefficient (Wildman–Crippen LogP) is 0.645. The molecule has 3 amide bonds. The summed E-state index contributed by atoms with van der Waals surface area (Å²) in [7, 11) is 1.60. The Labute approximate surface area is 163 Å². The molecule has 0 bridgehead atoms. The van der Waals surface area contributed by atoms with Gasteiger partial charge in [0.2, 0.25) is 0 Å². The van der Waals surface area contributed by atoms with E-state index >= 15 is 0 Å². The van der Waals surface area contributed by atoms with E-state index in [4.69, 9.17) is 4.74 Å². The van der Waals surface area contributed by atoms with E-state index in [2.05, 4.69) is 5.11 Å². The van der Waals surface area contributed by atoms with Crippen molar-refractivity contribution in [2.75, 3.05) is 44.7 Å². The van der Waals surface area contributed by atoms with E-state index < -0.39 is 18.1 Å². The Hall–Kier alpha value is -2.97. The molecule has 0 spiro atoms. The second-order valence-electron chi connectivity index (χ2n) is 7.16. The van der Waals surface area contributed by atoms with E-state index in [0.29, 0.717) is 26.2 Å². The number of ether oxygens (including phenoxy) is 1. The van der Waals surface area contributed by atoms with Gasteiger partial charge in [-0.25, -0.2) is 4.79 Å². The molecule has 9 heteroatoms. The average Bonchev–Trinajstić information content (AvgIpc) is 3.16. The van der Waals surface area contributed by atoms with Gasteiger partial charge in [-0.3, -0.25) is 14.5 Å². The first-order valence-corrected chi connectivity index (χ1v) is 9.60. The van der Waals surface area contributed by atoms with Crippen molar-refractivity contribution in [1.82, 2.24) is 9.80 Å². The largest absolute Gasteiger partial charge is 0.502 e. The summed E-state index contributed by atoms with van der Waals surface area (Å²) < 4.78 is 6.23. The van der Waals surface area contributed by atoms with Crippen LogP contribution in [0.5, 0.6) is 5.75 Å². The first-order chi connectivity index (χ1) is 13.6. The van der Waals surface area contributed by atoms with Crippen molar-refractivity contribution in [2.45, 2.75) is 25.6 Å². The maximum Gasteiger partial charge on any atom is 0.502 e. The molecule has 0 radical (unpaired) electrons. The van der Waals surface area contributed by atoms with Crippen LogP contribution in [0.2, 0.25) is 0 Å². The molecule has 0 N–H and O–H groups in total. The van der Waals surface area contributed by atoms with Crippen LogP contribution in [0.25, 0.3) is 0 Å². The summed E-state index contributed by atoms with van der Waals surface area (Å²) in [4.78, 5) is 42.7. The summed E-state index contributed by atoms with van der Waals surface area (Å²) in [6.45, 7) is 2.18. The Morgan fingerprint density at radius 1 is 1.07 bits per heavy atom.